The highest BCUT2D eigenvalue weighted by atomic mass is 35.5. The zero-order valence-corrected chi connectivity index (χ0v) is 23.5. The average molecular weight is 578 g/mol. The minimum atomic E-state index is -0.671. The molecule has 2 aromatic heterocycles. The molecule has 0 spiro atoms. The van der Waals surface area contributed by atoms with E-state index in [1.54, 1.807) is 37.3 Å². The molecule has 5 rings (SSSR count). The summed E-state index contributed by atoms with van der Waals surface area (Å²) in [5, 5.41) is 5.59. The summed E-state index contributed by atoms with van der Waals surface area (Å²) < 4.78 is 22.3. The molecule has 7 nitrogen and oxygen atoms in total. The Morgan fingerprint density at radius 1 is 0.975 bits per heavy atom. The van der Waals surface area contributed by atoms with Crippen LogP contribution < -0.4 is 10.2 Å². The van der Waals surface area contributed by atoms with E-state index in [0.29, 0.717) is 43.8 Å². The van der Waals surface area contributed by atoms with Crippen molar-refractivity contribution in [2.75, 3.05) is 6.61 Å². The molecule has 0 bridgehead atoms. The van der Waals surface area contributed by atoms with E-state index in [9.17, 15) is 9.59 Å². The lowest BCUT2D eigenvalue weighted by Gasteiger charge is -2.11. The molecular formula is C31H25Cl2NO6. The third-order valence-corrected chi connectivity index (χ3v) is 6.95. The first-order chi connectivity index (χ1) is 19.3. The van der Waals surface area contributed by atoms with E-state index in [1.165, 1.54) is 0 Å². The molecule has 40 heavy (non-hydrogen) atoms. The van der Waals surface area contributed by atoms with Crippen molar-refractivity contribution in [1.82, 2.24) is 5.16 Å². The molecule has 0 aliphatic carbocycles. The second-order valence-corrected chi connectivity index (χ2v) is 10.2. The van der Waals surface area contributed by atoms with E-state index in [1.807, 2.05) is 44.2 Å². The molecule has 0 unspecified atom stereocenters. The normalized spacial score (nSPS) is 11.2. The molecule has 0 fully saturated rings. The Labute approximate surface area is 240 Å². The van der Waals surface area contributed by atoms with Gasteiger partial charge in [-0.05, 0) is 54.4 Å². The van der Waals surface area contributed by atoms with Crippen molar-refractivity contribution in [3.8, 4) is 28.1 Å². The van der Waals surface area contributed by atoms with Crippen molar-refractivity contribution in [1.29, 1.82) is 0 Å². The molecule has 3 aromatic carbocycles. The highest BCUT2D eigenvalue weighted by Gasteiger charge is 2.24. The number of carbonyl (C=O) groups excluding carboxylic acids is 1. The van der Waals surface area contributed by atoms with Gasteiger partial charge in [-0.25, -0.2) is 4.79 Å². The lowest BCUT2D eigenvalue weighted by molar-refractivity contribution is 0.0490. The van der Waals surface area contributed by atoms with Crippen molar-refractivity contribution in [2.24, 2.45) is 0 Å². The summed E-state index contributed by atoms with van der Waals surface area (Å²) in [6, 6.07) is 19.1. The van der Waals surface area contributed by atoms with Gasteiger partial charge >= 0.3 is 5.97 Å². The van der Waals surface area contributed by atoms with Crippen LogP contribution in [0.1, 0.15) is 48.6 Å². The molecular weight excluding hydrogens is 553 g/mol. The highest BCUT2D eigenvalue weighted by Crippen LogP contribution is 2.39. The first kappa shape index (κ1) is 27.5. The van der Waals surface area contributed by atoms with Gasteiger partial charge in [0.05, 0.1) is 27.6 Å². The molecule has 0 N–H and O–H groups in total. The fraction of sp³-hybridized carbons (Fsp3) is 0.194. The second-order valence-electron chi connectivity index (χ2n) is 9.34. The number of aromatic nitrogens is 1. The number of hydrogen-bond donors (Lipinski definition) is 0. The molecule has 0 amide bonds. The Bertz CT molecular complexity index is 1730. The fourth-order valence-electron chi connectivity index (χ4n) is 4.37. The van der Waals surface area contributed by atoms with Crippen LogP contribution in [0.4, 0.5) is 0 Å². The summed E-state index contributed by atoms with van der Waals surface area (Å²) in [6.07, 6.45) is 0. The lowest BCUT2D eigenvalue weighted by Crippen LogP contribution is -2.10. The number of fused-ring (bicyclic) bond motifs is 1. The van der Waals surface area contributed by atoms with Crippen molar-refractivity contribution < 1.29 is 23.2 Å². The highest BCUT2D eigenvalue weighted by molar-refractivity contribution is 6.39. The van der Waals surface area contributed by atoms with Crippen molar-refractivity contribution in [2.45, 2.75) is 33.3 Å². The minimum Gasteiger partial charge on any atom is -0.489 e. The van der Waals surface area contributed by atoms with Gasteiger partial charge < -0.3 is 18.4 Å². The SMILES string of the molecule is CCOC(=O)c1cc(=O)c2cc(-c3ccc(OCc4c(-c5c(Cl)cccc5Cl)noc4C(C)C)cc3)ccc2o1. The van der Waals surface area contributed by atoms with Crippen LogP contribution >= 0.6 is 23.2 Å². The van der Waals surface area contributed by atoms with Crippen LogP contribution in [0.25, 0.3) is 33.4 Å². The molecule has 0 radical (unpaired) electrons. The maximum atomic E-state index is 12.7. The summed E-state index contributed by atoms with van der Waals surface area (Å²) >= 11 is 12.9. The van der Waals surface area contributed by atoms with Crippen LogP contribution in [0, 0.1) is 0 Å². The molecule has 0 atom stereocenters. The Balaban J connectivity index is 1.38. The van der Waals surface area contributed by atoms with Crippen LogP contribution in [-0.2, 0) is 11.3 Å². The number of nitrogens with zero attached hydrogens (tertiary/aromatic N) is 1. The average Bonchev–Trinajstić information content (AvgIpc) is 3.36. The summed E-state index contributed by atoms with van der Waals surface area (Å²) in [5.41, 5.74) is 3.60. The molecule has 0 saturated heterocycles. The maximum Gasteiger partial charge on any atom is 0.374 e. The molecule has 9 heteroatoms. The van der Waals surface area contributed by atoms with Gasteiger partial charge in [-0.2, -0.15) is 0 Å². The van der Waals surface area contributed by atoms with E-state index in [0.717, 1.165) is 22.8 Å². The number of esters is 1. The monoisotopic (exact) mass is 577 g/mol. The van der Waals surface area contributed by atoms with Crippen LogP contribution in [0.15, 0.2) is 80.5 Å². The first-order valence-corrected chi connectivity index (χ1v) is 13.4. The van der Waals surface area contributed by atoms with Gasteiger partial charge in [0.1, 0.15) is 29.4 Å². The quantitative estimate of drug-likeness (QED) is 0.171. The van der Waals surface area contributed by atoms with E-state index in [-0.39, 0.29) is 30.3 Å². The van der Waals surface area contributed by atoms with Gasteiger partial charge in [0, 0.05) is 17.5 Å². The number of carbonyl (C=O) groups is 1. The Kier molecular flexibility index (Phi) is 7.96. The third kappa shape index (κ3) is 5.48. The summed E-state index contributed by atoms with van der Waals surface area (Å²) in [7, 11) is 0. The van der Waals surface area contributed by atoms with E-state index < -0.39 is 5.97 Å². The zero-order valence-electron chi connectivity index (χ0n) is 22.0. The largest absolute Gasteiger partial charge is 0.489 e. The Hall–Kier alpha value is -4.07. The van der Waals surface area contributed by atoms with E-state index in [2.05, 4.69) is 5.16 Å². The van der Waals surface area contributed by atoms with Crippen molar-refractivity contribution in [3.63, 3.8) is 0 Å². The Morgan fingerprint density at radius 2 is 1.68 bits per heavy atom. The molecule has 0 aliphatic rings. The van der Waals surface area contributed by atoms with Gasteiger partial charge in [0.15, 0.2) is 5.43 Å². The molecule has 2 heterocycles. The molecule has 204 valence electrons. The summed E-state index contributed by atoms with van der Waals surface area (Å²) in [5.74, 6) is 0.610. The standard InChI is InChI=1S/C31H25Cl2NO6/c1-4-37-31(36)27-15-25(35)21-14-19(10-13-26(21)39-27)18-8-11-20(12-9-18)38-16-22-29(34-40-30(22)17(2)3)28-23(32)6-5-7-24(28)33/h5-15,17H,4,16H2,1-3H3. The van der Waals surface area contributed by atoms with Gasteiger partial charge in [-0.3, -0.25) is 4.79 Å². The Morgan fingerprint density at radius 3 is 2.35 bits per heavy atom. The predicted molar refractivity (Wildman–Crippen MR) is 154 cm³/mol. The van der Waals surface area contributed by atoms with Crippen LogP contribution in [-0.4, -0.2) is 17.7 Å². The van der Waals surface area contributed by atoms with E-state index in [4.69, 9.17) is 41.6 Å². The van der Waals surface area contributed by atoms with Gasteiger partial charge in [-0.1, -0.05) is 66.5 Å². The zero-order chi connectivity index (χ0) is 28.4. The van der Waals surface area contributed by atoms with E-state index >= 15 is 0 Å². The van der Waals surface area contributed by atoms with Crippen LogP contribution in [0.2, 0.25) is 10.0 Å². The molecule has 5 aromatic rings. The fourth-order valence-corrected chi connectivity index (χ4v) is 4.95. The smallest absolute Gasteiger partial charge is 0.374 e. The summed E-state index contributed by atoms with van der Waals surface area (Å²) in [4.78, 5) is 24.6. The molecule has 0 saturated carbocycles. The number of ether oxygens (including phenoxy) is 2. The van der Waals surface area contributed by atoms with Gasteiger partial charge in [-0.15, -0.1) is 0 Å². The van der Waals surface area contributed by atoms with Gasteiger partial charge in [0.25, 0.3) is 0 Å². The topological polar surface area (TPSA) is 91.8 Å². The second kappa shape index (κ2) is 11.6. The van der Waals surface area contributed by atoms with Crippen LogP contribution in [0.5, 0.6) is 5.75 Å². The summed E-state index contributed by atoms with van der Waals surface area (Å²) in [6.45, 7) is 6.10. The minimum absolute atomic E-state index is 0.0717. The van der Waals surface area contributed by atoms with Gasteiger partial charge in [0.2, 0.25) is 5.76 Å². The molecule has 0 aliphatic heterocycles. The van der Waals surface area contributed by atoms with Crippen molar-refractivity contribution >= 4 is 40.1 Å². The number of rotatable bonds is 8. The third-order valence-electron chi connectivity index (χ3n) is 6.32. The predicted octanol–water partition coefficient (Wildman–Crippen LogP) is 8.30. The lowest BCUT2D eigenvalue weighted by atomic mass is 10.0. The van der Waals surface area contributed by atoms with Crippen molar-refractivity contribution in [3.05, 3.63) is 104 Å². The van der Waals surface area contributed by atoms with Crippen LogP contribution in [0.3, 0.4) is 0 Å². The number of halogens is 2. The first-order valence-electron chi connectivity index (χ1n) is 12.7. The number of benzene rings is 3. The maximum absolute atomic E-state index is 12.7. The number of hydrogen-bond acceptors (Lipinski definition) is 7.